The Morgan fingerprint density at radius 2 is 1.89 bits per heavy atom. The van der Waals surface area contributed by atoms with E-state index in [2.05, 4.69) is 26.1 Å². The Balaban J connectivity index is 1.82. The van der Waals surface area contributed by atoms with E-state index in [0.717, 1.165) is 17.9 Å². The topological polar surface area (TPSA) is 12.0 Å². The summed E-state index contributed by atoms with van der Waals surface area (Å²) < 4.78 is 0. The van der Waals surface area contributed by atoms with Gasteiger partial charge in [-0.3, -0.25) is 0 Å². The number of nitrogens with one attached hydrogen (secondary N) is 1. The molecule has 0 saturated heterocycles. The van der Waals surface area contributed by atoms with E-state index in [9.17, 15) is 0 Å². The van der Waals surface area contributed by atoms with Crippen molar-refractivity contribution in [2.24, 2.45) is 23.2 Å². The Hall–Kier alpha value is -0.105. The zero-order chi connectivity index (χ0) is 13.9. The summed E-state index contributed by atoms with van der Waals surface area (Å²) in [7, 11) is 5.94. The zero-order valence-electron chi connectivity index (χ0n) is 13.1. The van der Waals surface area contributed by atoms with Gasteiger partial charge in [0.2, 0.25) is 0 Å². The Bertz CT molecular complexity index is 294. The molecular formula is C17H31BN. The number of rotatable bonds is 8. The van der Waals surface area contributed by atoms with Crippen LogP contribution in [-0.4, -0.2) is 26.0 Å². The van der Waals surface area contributed by atoms with Gasteiger partial charge in [-0.25, -0.2) is 0 Å². The summed E-state index contributed by atoms with van der Waals surface area (Å²) in [5.41, 5.74) is 0.471. The second kappa shape index (κ2) is 6.56. The van der Waals surface area contributed by atoms with Gasteiger partial charge in [-0.15, -0.1) is 0 Å². The minimum atomic E-state index is 0.471. The van der Waals surface area contributed by atoms with Gasteiger partial charge < -0.3 is 0 Å². The third-order valence-electron chi connectivity index (χ3n) is 6.24. The summed E-state index contributed by atoms with van der Waals surface area (Å²) in [5.74, 6) is 4.40. The maximum atomic E-state index is 5.94. The first-order valence-electron chi connectivity index (χ1n) is 8.42. The maximum absolute atomic E-state index is 5.94. The average molecular weight is 260 g/mol. The first-order valence-corrected chi connectivity index (χ1v) is 8.42. The standard InChI is InChI=1S/C17H31BN/c1-4-17(3,5-2)12-19-16-10-9-14(16)15(11-18)13-7-6-8-13/h11,13-16,19H,4-10,12H2,1-3H3/t14-,15?,16?/m0/s1. The molecule has 2 rings (SSSR count). The van der Waals surface area contributed by atoms with Crippen molar-refractivity contribution in [1.82, 2.24) is 5.32 Å². The molecule has 19 heavy (non-hydrogen) atoms. The van der Waals surface area contributed by atoms with Crippen LogP contribution in [0.25, 0.3) is 0 Å². The zero-order valence-corrected chi connectivity index (χ0v) is 13.1. The second-order valence-electron chi connectivity index (χ2n) is 7.21. The van der Waals surface area contributed by atoms with Gasteiger partial charge in [-0.1, -0.05) is 0 Å². The molecule has 1 radical (unpaired) electrons. The van der Waals surface area contributed by atoms with Crippen molar-refractivity contribution < 1.29 is 0 Å². The molecule has 2 fully saturated rings. The summed E-state index contributed by atoms with van der Waals surface area (Å²) >= 11 is 0. The SMILES string of the molecule is [B]=CC(C1CCC1)[C@@H]1CCC1NCC(C)(CC)CC. The van der Waals surface area contributed by atoms with Crippen LogP contribution in [-0.2, 0) is 0 Å². The Labute approximate surface area is 121 Å². The van der Waals surface area contributed by atoms with E-state index >= 15 is 0 Å². The Morgan fingerprint density at radius 3 is 2.26 bits per heavy atom. The van der Waals surface area contributed by atoms with E-state index < -0.39 is 0 Å². The summed E-state index contributed by atoms with van der Waals surface area (Å²) in [6.45, 7) is 8.21. The van der Waals surface area contributed by atoms with Crippen molar-refractivity contribution in [1.29, 1.82) is 0 Å². The minimum absolute atomic E-state index is 0.471. The first-order chi connectivity index (χ1) is 9.13. The van der Waals surface area contributed by atoms with E-state index in [-0.39, 0.29) is 0 Å². The van der Waals surface area contributed by atoms with Crippen LogP contribution in [0.2, 0.25) is 0 Å². The fraction of sp³-hybridized carbons (Fsp3) is 0.941. The fourth-order valence-corrected chi connectivity index (χ4v) is 3.59. The molecule has 1 N–H and O–H groups in total. The van der Waals surface area contributed by atoms with Crippen molar-refractivity contribution in [3.05, 3.63) is 0 Å². The van der Waals surface area contributed by atoms with Crippen LogP contribution in [0, 0.1) is 23.2 Å². The summed E-state index contributed by atoms with van der Waals surface area (Å²) in [5, 5.41) is 3.85. The third kappa shape index (κ3) is 3.32. The molecular weight excluding hydrogens is 229 g/mol. The Kier molecular flexibility index (Phi) is 5.28. The van der Waals surface area contributed by atoms with Crippen molar-refractivity contribution in [3.8, 4) is 0 Å². The van der Waals surface area contributed by atoms with Crippen LogP contribution < -0.4 is 5.32 Å². The van der Waals surface area contributed by atoms with Crippen molar-refractivity contribution in [2.75, 3.05) is 6.54 Å². The summed E-state index contributed by atoms with van der Waals surface area (Å²) in [6, 6.07) is 0.725. The molecule has 2 heteroatoms. The molecule has 107 valence electrons. The van der Waals surface area contributed by atoms with Crippen LogP contribution in [0.5, 0.6) is 0 Å². The molecule has 0 bridgehead atoms. The third-order valence-corrected chi connectivity index (χ3v) is 6.24. The molecule has 2 aliphatic carbocycles. The van der Waals surface area contributed by atoms with Crippen molar-refractivity contribution >= 4 is 13.5 Å². The van der Waals surface area contributed by atoms with Crippen LogP contribution in [0.3, 0.4) is 0 Å². The van der Waals surface area contributed by atoms with Gasteiger partial charge in [0.25, 0.3) is 0 Å². The monoisotopic (exact) mass is 260 g/mol. The van der Waals surface area contributed by atoms with Crippen LogP contribution in [0.4, 0.5) is 0 Å². The predicted molar refractivity (Wildman–Crippen MR) is 85.9 cm³/mol. The van der Waals surface area contributed by atoms with Crippen LogP contribution in [0.1, 0.15) is 65.7 Å². The van der Waals surface area contributed by atoms with Gasteiger partial charge in [0, 0.05) is 0 Å². The predicted octanol–water partition coefficient (Wildman–Crippen LogP) is 3.57. The second-order valence-corrected chi connectivity index (χ2v) is 7.21. The molecule has 0 heterocycles. The van der Waals surface area contributed by atoms with Crippen LogP contribution in [0.15, 0.2) is 0 Å². The van der Waals surface area contributed by atoms with Gasteiger partial charge in [0.05, 0.1) is 0 Å². The molecule has 0 aliphatic heterocycles. The fourth-order valence-electron chi connectivity index (χ4n) is 3.59. The van der Waals surface area contributed by atoms with Crippen molar-refractivity contribution in [2.45, 2.75) is 71.8 Å². The molecule has 3 atom stereocenters. The molecule has 0 amide bonds. The molecule has 0 spiro atoms. The molecule has 0 aromatic rings. The van der Waals surface area contributed by atoms with Gasteiger partial charge >= 0.3 is 120 Å². The first kappa shape index (κ1) is 15.3. The van der Waals surface area contributed by atoms with E-state index in [0.29, 0.717) is 11.3 Å². The molecule has 2 aliphatic rings. The summed E-state index contributed by atoms with van der Waals surface area (Å²) in [6.07, 6.45) is 9.49. The summed E-state index contributed by atoms with van der Waals surface area (Å²) in [4.78, 5) is 0. The van der Waals surface area contributed by atoms with E-state index in [4.69, 9.17) is 7.49 Å². The van der Waals surface area contributed by atoms with Gasteiger partial charge in [-0.2, -0.15) is 0 Å². The normalized spacial score (nSPS) is 29.4. The van der Waals surface area contributed by atoms with Gasteiger partial charge in [0.1, 0.15) is 0 Å². The van der Waals surface area contributed by atoms with Gasteiger partial charge in [-0.05, 0) is 0 Å². The van der Waals surface area contributed by atoms with Gasteiger partial charge in [0.15, 0.2) is 0 Å². The molecule has 1 nitrogen and oxygen atoms in total. The van der Waals surface area contributed by atoms with E-state index in [1.807, 2.05) is 5.97 Å². The molecule has 0 aromatic heterocycles. The average Bonchev–Trinajstić information content (AvgIpc) is 2.34. The quantitative estimate of drug-likeness (QED) is 0.658. The van der Waals surface area contributed by atoms with E-state index in [1.165, 1.54) is 51.5 Å². The Morgan fingerprint density at radius 1 is 1.21 bits per heavy atom. The number of hydrogen-bond donors (Lipinski definition) is 1. The number of hydrogen-bond acceptors (Lipinski definition) is 1. The molecule has 2 saturated carbocycles. The van der Waals surface area contributed by atoms with E-state index in [1.54, 1.807) is 0 Å². The molecule has 2 unspecified atom stereocenters. The molecule has 0 aromatic carbocycles. The van der Waals surface area contributed by atoms with Crippen LogP contribution >= 0.6 is 0 Å². The van der Waals surface area contributed by atoms with Crippen molar-refractivity contribution in [3.63, 3.8) is 0 Å².